The van der Waals surface area contributed by atoms with Gasteiger partial charge < -0.3 is 28.6 Å². The highest BCUT2D eigenvalue weighted by molar-refractivity contribution is 6.03. The molecule has 2 bridgehead atoms. The zero-order valence-electron chi connectivity index (χ0n) is 32.1. The zero-order chi connectivity index (χ0) is 38.2. The summed E-state index contributed by atoms with van der Waals surface area (Å²) in [5, 5.41) is 2.05. The molecule has 4 saturated heterocycles. The lowest BCUT2D eigenvalue weighted by Gasteiger charge is -2.46. The number of amides is 1. The van der Waals surface area contributed by atoms with Crippen LogP contribution in [0.2, 0.25) is 0 Å². The van der Waals surface area contributed by atoms with Crippen LogP contribution in [0.1, 0.15) is 65.4 Å². The van der Waals surface area contributed by atoms with Gasteiger partial charge in [-0.2, -0.15) is 9.97 Å². The first-order valence-corrected chi connectivity index (χ1v) is 19.5. The van der Waals surface area contributed by atoms with E-state index < -0.39 is 23.1 Å². The molecule has 7 heterocycles. The van der Waals surface area contributed by atoms with Gasteiger partial charge in [0.1, 0.15) is 53.2 Å². The van der Waals surface area contributed by atoms with Crippen molar-refractivity contribution in [3.05, 3.63) is 41.7 Å². The molecular weight excluding hydrogens is 710 g/mol. The maximum Gasteiger partial charge on any atom is 0.410 e. The Kier molecular flexibility index (Phi) is 8.91. The number of halogens is 2. The van der Waals surface area contributed by atoms with Crippen LogP contribution in [-0.2, 0) is 15.9 Å². The Hall–Kier alpha value is -4.56. The number of benzene rings is 2. The summed E-state index contributed by atoms with van der Waals surface area (Å²) in [7, 11) is 1.54. The van der Waals surface area contributed by atoms with Crippen molar-refractivity contribution >= 4 is 33.6 Å². The molecule has 5 aliphatic heterocycles. The molecule has 0 radical (unpaired) electrons. The number of carbonyl (C=O) groups excluding carboxylic acids is 1. The van der Waals surface area contributed by atoms with Crippen molar-refractivity contribution in [3.8, 4) is 28.9 Å². The number of anilines is 1. The van der Waals surface area contributed by atoms with Gasteiger partial charge in [-0.05, 0) is 87.9 Å². The van der Waals surface area contributed by atoms with Gasteiger partial charge in [-0.3, -0.25) is 9.80 Å². The monoisotopic (exact) mass is 758 g/mol. The molecule has 4 fully saturated rings. The van der Waals surface area contributed by atoms with Crippen LogP contribution in [0.5, 0.6) is 17.6 Å². The number of carbonyl (C=O) groups is 1. The molecule has 0 N–H and O–H groups in total. The van der Waals surface area contributed by atoms with E-state index in [9.17, 15) is 9.18 Å². The SMILES string of the molecule is CCc1cccc2cc(OCOC)cc(-c3nc4c5c(nc(OC[C@]67CCCN6C[C@@H](F)C7)nc5c3F)N3C[C@@H]5CC[C@H]([C@H]3CO4)N5C(=O)OC(C)(C)C)c12. The number of piperazine rings is 1. The smallest absolute Gasteiger partial charge is 0.410 e. The molecule has 4 aromatic rings. The summed E-state index contributed by atoms with van der Waals surface area (Å²) in [6.07, 6.45) is 3.08. The molecule has 0 spiro atoms. The predicted octanol–water partition coefficient (Wildman–Crippen LogP) is 6.83. The standard InChI is InChI=1S/C41H48F2N6O6/c1-6-23-9-7-10-24-15-27(54-22-51-5)16-28(31(23)24)34-33(43)35-32-36(46-38(45-35)53-21-41-13-8-14-47(41)18-25(42)17-41)48-19-26-11-12-29(30(48)20-52-37(32)44-34)49(26)39(50)55-40(2,3)4/h7,9-10,15-16,25-26,29-30H,6,8,11-14,17-22H2,1-5H3/t25-,26-,29+,30+,41+/m0/s1. The molecule has 292 valence electrons. The van der Waals surface area contributed by atoms with Crippen molar-refractivity contribution in [2.24, 2.45) is 0 Å². The van der Waals surface area contributed by atoms with Gasteiger partial charge in [0.2, 0.25) is 5.88 Å². The van der Waals surface area contributed by atoms with Crippen LogP contribution in [0.25, 0.3) is 32.9 Å². The van der Waals surface area contributed by atoms with Gasteiger partial charge in [0.05, 0.1) is 23.7 Å². The molecule has 9 rings (SSSR count). The van der Waals surface area contributed by atoms with Crippen molar-refractivity contribution in [1.29, 1.82) is 0 Å². The van der Waals surface area contributed by atoms with E-state index in [1.807, 2.05) is 49.9 Å². The van der Waals surface area contributed by atoms with E-state index in [2.05, 4.69) is 16.7 Å². The highest BCUT2D eigenvalue weighted by atomic mass is 19.1. The summed E-state index contributed by atoms with van der Waals surface area (Å²) in [5.74, 6) is 0.495. The summed E-state index contributed by atoms with van der Waals surface area (Å²) in [6.45, 7) is 9.64. The molecule has 5 atom stereocenters. The number of alkyl halides is 1. The maximum absolute atomic E-state index is 17.6. The van der Waals surface area contributed by atoms with Crippen LogP contribution in [0.15, 0.2) is 30.3 Å². The Morgan fingerprint density at radius 3 is 2.73 bits per heavy atom. The van der Waals surface area contributed by atoms with Crippen LogP contribution >= 0.6 is 0 Å². The minimum atomic E-state index is -0.930. The van der Waals surface area contributed by atoms with E-state index >= 15 is 4.39 Å². The average molecular weight is 759 g/mol. The summed E-state index contributed by atoms with van der Waals surface area (Å²) < 4.78 is 62.3. The van der Waals surface area contributed by atoms with Crippen molar-refractivity contribution < 1.29 is 37.3 Å². The molecule has 1 amide bonds. The maximum atomic E-state index is 17.6. The summed E-state index contributed by atoms with van der Waals surface area (Å²) in [6, 6.07) is 8.94. The summed E-state index contributed by atoms with van der Waals surface area (Å²) in [4.78, 5) is 34.4. The topological polar surface area (TPSA) is 112 Å². The molecule has 2 aromatic carbocycles. The number of rotatable bonds is 8. The van der Waals surface area contributed by atoms with E-state index in [1.165, 1.54) is 0 Å². The van der Waals surface area contributed by atoms with Crippen molar-refractivity contribution in [2.75, 3.05) is 51.7 Å². The number of aromatic nitrogens is 3. The number of methoxy groups -OCH3 is 1. The third kappa shape index (κ3) is 6.16. The molecule has 12 nitrogen and oxygen atoms in total. The highest BCUT2D eigenvalue weighted by Gasteiger charge is 2.52. The molecule has 2 aromatic heterocycles. The second kappa shape index (κ2) is 13.6. The summed E-state index contributed by atoms with van der Waals surface area (Å²) in [5.41, 5.74) is 0.506. The fourth-order valence-electron chi connectivity index (χ4n) is 9.72. The third-order valence-electron chi connectivity index (χ3n) is 12.0. The minimum Gasteiger partial charge on any atom is -0.475 e. The molecule has 14 heteroatoms. The van der Waals surface area contributed by atoms with Crippen LogP contribution in [-0.4, -0.2) is 113 Å². The minimum absolute atomic E-state index is 0.00638. The molecule has 0 aliphatic carbocycles. The number of aryl methyl sites for hydroxylation is 1. The lowest BCUT2D eigenvalue weighted by molar-refractivity contribution is 0.00537. The van der Waals surface area contributed by atoms with E-state index in [1.54, 1.807) is 13.2 Å². The van der Waals surface area contributed by atoms with Crippen molar-refractivity contribution in [1.82, 2.24) is 24.8 Å². The molecule has 5 aliphatic rings. The Balaban J connectivity index is 1.20. The van der Waals surface area contributed by atoms with Gasteiger partial charge in [0.15, 0.2) is 12.6 Å². The molecule has 0 saturated carbocycles. The number of hydrogen-bond donors (Lipinski definition) is 0. The second-order valence-electron chi connectivity index (χ2n) is 16.6. The van der Waals surface area contributed by atoms with Crippen LogP contribution in [0.4, 0.5) is 19.4 Å². The zero-order valence-corrected chi connectivity index (χ0v) is 32.1. The van der Waals surface area contributed by atoms with Gasteiger partial charge in [-0.15, -0.1) is 0 Å². The van der Waals surface area contributed by atoms with E-state index in [0.29, 0.717) is 48.4 Å². The fourth-order valence-corrected chi connectivity index (χ4v) is 9.72. The first-order valence-electron chi connectivity index (χ1n) is 19.5. The van der Waals surface area contributed by atoms with Gasteiger partial charge in [0.25, 0.3) is 0 Å². The fraction of sp³-hybridized carbons (Fsp3) is 0.561. The largest absolute Gasteiger partial charge is 0.475 e. The van der Waals surface area contributed by atoms with Crippen LogP contribution in [0, 0.1) is 5.82 Å². The Morgan fingerprint density at radius 1 is 1.07 bits per heavy atom. The van der Waals surface area contributed by atoms with Gasteiger partial charge in [-0.25, -0.2) is 18.6 Å². The number of fused-ring (bicyclic) bond motifs is 7. The number of ether oxygens (including phenoxy) is 5. The second-order valence-corrected chi connectivity index (χ2v) is 16.6. The first-order chi connectivity index (χ1) is 26.5. The highest BCUT2D eigenvalue weighted by Crippen LogP contribution is 2.47. The Morgan fingerprint density at radius 2 is 1.93 bits per heavy atom. The Labute approximate surface area is 319 Å². The van der Waals surface area contributed by atoms with E-state index in [4.69, 9.17) is 38.6 Å². The average Bonchev–Trinajstić information content (AvgIpc) is 3.76. The van der Waals surface area contributed by atoms with E-state index in [-0.39, 0.29) is 67.3 Å². The molecule has 55 heavy (non-hydrogen) atoms. The van der Waals surface area contributed by atoms with Crippen LogP contribution in [0.3, 0.4) is 0 Å². The van der Waals surface area contributed by atoms with Gasteiger partial charge in [0, 0.05) is 32.2 Å². The van der Waals surface area contributed by atoms with Crippen molar-refractivity contribution in [3.63, 3.8) is 0 Å². The van der Waals surface area contributed by atoms with Gasteiger partial charge in [-0.1, -0.05) is 25.1 Å². The van der Waals surface area contributed by atoms with E-state index in [0.717, 1.165) is 48.6 Å². The number of hydrogen-bond acceptors (Lipinski definition) is 11. The molecular formula is C41H48F2N6O6. The van der Waals surface area contributed by atoms with Crippen molar-refractivity contribution in [2.45, 2.75) is 102 Å². The number of nitrogens with zero attached hydrogens (tertiary/aromatic N) is 6. The quantitative estimate of drug-likeness (QED) is 0.176. The number of pyridine rings is 1. The molecule has 0 unspecified atom stereocenters. The lowest BCUT2D eigenvalue weighted by Crippen LogP contribution is -2.63. The first kappa shape index (κ1) is 36.1. The third-order valence-corrected chi connectivity index (χ3v) is 12.0. The van der Waals surface area contributed by atoms with Crippen LogP contribution < -0.4 is 19.1 Å². The summed E-state index contributed by atoms with van der Waals surface area (Å²) >= 11 is 0. The van der Waals surface area contributed by atoms with Gasteiger partial charge >= 0.3 is 12.1 Å². The Bertz CT molecular complexity index is 2170. The normalized spacial score (nSPS) is 25.9. The lowest BCUT2D eigenvalue weighted by atomic mass is 9.94. The predicted molar refractivity (Wildman–Crippen MR) is 202 cm³/mol.